The molecule has 0 aliphatic heterocycles. The molecule has 3 aromatic carbocycles. The maximum atomic E-state index is 13.2. The normalized spacial score (nSPS) is 14.1. The molecule has 1 aliphatic rings. The fraction of sp³-hybridized carbons (Fsp3) is 0.192. The number of carbonyl (C=O) groups excluding carboxylic acids is 1. The van der Waals surface area contributed by atoms with Gasteiger partial charge in [-0.3, -0.25) is 9.36 Å². The number of hydrogen-bond acceptors (Lipinski definition) is 3. The predicted molar refractivity (Wildman–Crippen MR) is 133 cm³/mol. The van der Waals surface area contributed by atoms with Crippen molar-refractivity contribution in [1.29, 1.82) is 0 Å². The number of rotatable bonds is 7. The third-order valence-electron chi connectivity index (χ3n) is 5.82. The number of halogens is 2. The van der Waals surface area contributed by atoms with Gasteiger partial charge in [0.15, 0.2) is 5.82 Å². The summed E-state index contributed by atoms with van der Waals surface area (Å²) in [5, 5.41) is 8.81. The number of hydrogen-bond donors (Lipinski definition) is 1. The fourth-order valence-corrected chi connectivity index (χ4v) is 4.24. The molecule has 5 rings (SSSR count). The van der Waals surface area contributed by atoms with E-state index in [1.54, 1.807) is 28.8 Å². The van der Waals surface area contributed by atoms with E-state index in [-0.39, 0.29) is 30.2 Å². The van der Waals surface area contributed by atoms with Crippen molar-refractivity contribution in [2.45, 2.75) is 31.5 Å². The van der Waals surface area contributed by atoms with Crippen LogP contribution in [0.3, 0.4) is 0 Å². The molecule has 4 aromatic rings. The molecule has 1 saturated carbocycles. The molecule has 6 nitrogen and oxygen atoms in total. The van der Waals surface area contributed by atoms with Crippen LogP contribution in [0.4, 0.5) is 0 Å². The summed E-state index contributed by atoms with van der Waals surface area (Å²) in [6.07, 6.45) is 1.84. The van der Waals surface area contributed by atoms with Crippen molar-refractivity contribution in [2.24, 2.45) is 0 Å². The molecule has 1 unspecified atom stereocenters. The first-order valence-electron chi connectivity index (χ1n) is 11.0. The second kappa shape index (κ2) is 9.49. The van der Waals surface area contributed by atoms with Gasteiger partial charge in [0.05, 0.1) is 6.04 Å². The first-order chi connectivity index (χ1) is 16.5. The molecule has 1 N–H and O–H groups in total. The molecule has 1 amide bonds. The summed E-state index contributed by atoms with van der Waals surface area (Å²) in [6, 6.07) is 23.9. The number of benzene rings is 3. The van der Waals surface area contributed by atoms with Crippen molar-refractivity contribution in [3.05, 3.63) is 111 Å². The van der Waals surface area contributed by atoms with E-state index in [0.717, 1.165) is 29.5 Å². The topological polar surface area (TPSA) is 68.9 Å². The van der Waals surface area contributed by atoms with Crippen LogP contribution in [0.1, 0.15) is 36.1 Å². The number of carbonyl (C=O) groups is 1. The molecule has 1 aliphatic carbocycles. The summed E-state index contributed by atoms with van der Waals surface area (Å²) >= 11 is 12.1. The van der Waals surface area contributed by atoms with Gasteiger partial charge in [-0.1, -0.05) is 65.7 Å². The minimum Gasteiger partial charge on any atom is -0.344 e. The molecule has 1 aromatic heterocycles. The van der Waals surface area contributed by atoms with E-state index in [9.17, 15) is 9.59 Å². The highest BCUT2D eigenvalue weighted by atomic mass is 35.5. The van der Waals surface area contributed by atoms with Crippen molar-refractivity contribution >= 4 is 29.1 Å². The average Bonchev–Trinajstić information content (AvgIpc) is 3.63. The summed E-state index contributed by atoms with van der Waals surface area (Å²) in [7, 11) is 0. The van der Waals surface area contributed by atoms with Gasteiger partial charge in [0, 0.05) is 21.7 Å². The number of aromatic nitrogens is 3. The standard InChI is InChI=1S/C26H22Cl2N4O2/c27-20-10-6-18(7-11-20)24(17-4-2-1-3-5-17)29-23(33)16-31-26(34)32(22-14-15-22)25(30-31)19-8-12-21(28)13-9-19/h1-13,22,24H,14-16H2,(H,29,33). The maximum Gasteiger partial charge on any atom is 0.346 e. The largest absolute Gasteiger partial charge is 0.346 e. The highest BCUT2D eigenvalue weighted by molar-refractivity contribution is 6.30. The molecule has 172 valence electrons. The monoisotopic (exact) mass is 492 g/mol. The molecular formula is C26H22Cl2N4O2. The molecule has 0 saturated heterocycles. The van der Waals surface area contributed by atoms with Gasteiger partial charge in [0.25, 0.3) is 0 Å². The van der Waals surface area contributed by atoms with Gasteiger partial charge in [0.1, 0.15) is 6.54 Å². The molecule has 1 heterocycles. The zero-order valence-corrected chi connectivity index (χ0v) is 19.7. The van der Waals surface area contributed by atoms with E-state index in [1.165, 1.54) is 4.68 Å². The van der Waals surface area contributed by atoms with Crippen LogP contribution in [-0.2, 0) is 11.3 Å². The lowest BCUT2D eigenvalue weighted by Crippen LogP contribution is -2.36. The second-order valence-corrected chi connectivity index (χ2v) is 9.21. The van der Waals surface area contributed by atoms with Gasteiger partial charge in [0.2, 0.25) is 5.91 Å². The van der Waals surface area contributed by atoms with E-state index in [2.05, 4.69) is 10.4 Å². The Balaban J connectivity index is 1.43. The summed E-state index contributed by atoms with van der Waals surface area (Å²) < 4.78 is 2.92. The summed E-state index contributed by atoms with van der Waals surface area (Å²) in [5.41, 5.74) is 2.32. The third kappa shape index (κ3) is 4.79. The van der Waals surface area contributed by atoms with E-state index < -0.39 is 0 Å². The van der Waals surface area contributed by atoms with Crippen LogP contribution in [0.2, 0.25) is 10.0 Å². The van der Waals surface area contributed by atoms with Crippen molar-refractivity contribution in [3.8, 4) is 11.4 Å². The lowest BCUT2D eigenvalue weighted by atomic mass is 9.99. The van der Waals surface area contributed by atoms with Crippen molar-refractivity contribution in [3.63, 3.8) is 0 Å². The molecule has 8 heteroatoms. The zero-order valence-electron chi connectivity index (χ0n) is 18.2. The first kappa shape index (κ1) is 22.4. The molecule has 1 atom stereocenters. The third-order valence-corrected chi connectivity index (χ3v) is 6.32. The first-order valence-corrected chi connectivity index (χ1v) is 11.8. The van der Waals surface area contributed by atoms with Crippen LogP contribution >= 0.6 is 23.2 Å². The quantitative estimate of drug-likeness (QED) is 0.382. The van der Waals surface area contributed by atoms with Crippen LogP contribution in [0.25, 0.3) is 11.4 Å². The van der Waals surface area contributed by atoms with E-state index >= 15 is 0 Å². The smallest absolute Gasteiger partial charge is 0.344 e. The molecule has 34 heavy (non-hydrogen) atoms. The van der Waals surface area contributed by atoms with Crippen LogP contribution in [-0.4, -0.2) is 20.3 Å². The van der Waals surface area contributed by atoms with Gasteiger partial charge in [-0.05, 0) is 60.4 Å². The minimum atomic E-state index is -0.386. The Labute approximate surface area is 206 Å². The molecular weight excluding hydrogens is 471 g/mol. The average molecular weight is 493 g/mol. The molecule has 1 fully saturated rings. The van der Waals surface area contributed by atoms with Gasteiger partial charge < -0.3 is 5.32 Å². The Morgan fingerprint density at radius 3 is 2.12 bits per heavy atom. The molecule has 0 bridgehead atoms. The van der Waals surface area contributed by atoms with Gasteiger partial charge >= 0.3 is 5.69 Å². The van der Waals surface area contributed by atoms with Crippen LogP contribution in [0, 0.1) is 0 Å². The second-order valence-electron chi connectivity index (χ2n) is 8.33. The summed E-state index contributed by atoms with van der Waals surface area (Å²) in [4.78, 5) is 26.3. The number of nitrogens with one attached hydrogen (secondary N) is 1. The Hall–Kier alpha value is -3.35. The Morgan fingerprint density at radius 2 is 1.50 bits per heavy atom. The van der Waals surface area contributed by atoms with Crippen LogP contribution < -0.4 is 11.0 Å². The lowest BCUT2D eigenvalue weighted by molar-refractivity contribution is -0.122. The highest BCUT2D eigenvalue weighted by Gasteiger charge is 2.31. The van der Waals surface area contributed by atoms with E-state index in [4.69, 9.17) is 23.2 Å². The van der Waals surface area contributed by atoms with Crippen molar-refractivity contribution in [2.75, 3.05) is 0 Å². The minimum absolute atomic E-state index is 0.112. The SMILES string of the molecule is O=C(Cn1nc(-c2ccc(Cl)cc2)n(C2CC2)c1=O)NC(c1ccccc1)c1ccc(Cl)cc1. The van der Waals surface area contributed by atoms with Crippen molar-refractivity contribution < 1.29 is 4.79 Å². The van der Waals surface area contributed by atoms with Crippen molar-refractivity contribution in [1.82, 2.24) is 19.7 Å². The van der Waals surface area contributed by atoms with Gasteiger partial charge in [-0.2, -0.15) is 0 Å². The Bertz CT molecular complexity index is 1360. The van der Waals surface area contributed by atoms with E-state index in [0.29, 0.717) is 15.9 Å². The number of amides is 1. The van der Waals surface area contributed by atoms with E-state index in [1.807, 2.05) is 54.6 Å². The highest BCUT2D eigenvalue weighted by Crippen LogP contribution is 2.36. The fourth-order valence-electron chi connectivity index (χ4n) is 3.98. The predicted octanol–water partition coefficient (Wildman–Crippen LogP) is 5.26. The maximum absolute atomic E-state index is 13.2. The Morgan fingerprint density at radius 1 is 0.912 bits per heavy atom. The van der Waals surface area contributed by atoms with Crippen LogP contribution in [0.5, 0.6) is 0 Å². The summed E-state index contributed by atoms with van der Waals surface area (Å²) in [5.74, 6) is 0.239. The zero-order chi connectivity index (χ0) is 23.7. The number of nitrogens with zero attached hydrogens (tertiary/aromatic N) is 3. The molecule has 0 radical (unpaired) electrons. The molecule has 0 spiro atoms. The van der Waals surface area contributed by atoms with Gasteiger partial charge in [-0.25, -0.2) is 9.48 Å². The lowest BCUT2D eigenvalue weighted by Gasteiger charge is -2.20. The van der Waals surface area contributed by atoms with Gasteiger partial charge in [-0.15, -0.1) is 5.10 Å². The Kier molecular flexibility index (Phi) is 6.26. The van der Waals surface area contributed by atoms with Crippen LogP contribution in [0.15, 0.2) is 83.7 Å². The summed E-state index contributed by atoms with van der Waals surface area (Å²) in [6.45, 7) is -0.184.